The van der Waals surface area contributed by atoms with Gasteiger partial charge in [-0.1, -0.05) is 0 Å². The molecule has 18 heavy (non-hydrogen) atoms. The third-order valence-electron chi connectivity index (χ3n) is 2.40. The number of hydrogen-bond acceptors (Lipinski definition) is 6. The van der Waals surface area contributed by atoms with Crippen molar-refractivity contribution in [2.45, 2.75) is 0 Å². The summed E-state index contributed by atoms with van der Waals surface area (Å²) in [4.78, 5) is 16.6. The van der Waals surface area contributed by atoms with Gasteiger partial charge in [-0.05, 0) is 11.6 Å². The third-order valence-corrected chi connectivity index (χ3v) is 3.49. The lowest BCUT2D eigenvalue weighted by atomic mass is 10.4. The third kappa shape index (κ3) is 2.88. The molecule has 98 valence electrons. The summed E-state index contributed by atoms with van der Waals surface area (Å²) in [5.41, 5.74) is 1.09. The lowest BCUT2D eigenvalue weighted by Crippen LogP contribution is -2.26. The smallest absolute Gasteiger partial charge is 0.226 e. The van der Waals surface area contributed by atoms with Crippen LogP contribution in [-0.4, -0.2) is 54.0 Å². The maximum Gasteiger partial charge on any atom is 0.226 e. The Kier molecular flexibility index (Phi) is 3.40. The van der Waals surface area contributed by atoms with Gasteiger partial charge in [0.25, 0.3) is 0 Å². The molecule has 0 unspecified atom stereocenters. The van der Waals surface area contributed by atoms with Crippen LogP contribution in [0.4, 0.5) is 5.82 Å². The molecule has 1 N–H and O–H groups in total. The standard InChI is InChI=1S/C9H12ClN5O2S/c1-15(3-4-18(2,16)17)8-6-7(12-5-11-6)13-9(10)14-8/h5H,3-4H2,1-2H3,(H,11,12,13,14). The fourth-order valence-electron chi connectivity index (χ4n) is 1.48. The zero-order chi connectivity index (χ0) is 13.3. The van der Waals surface area contributed by atoms with Gasteiger partial charge in [0.1, 0.15) is 15.4 Å². The van der Waals surface area contributed by atoms with Crippen molar-refractivity contribution in [2.75, 3.05) is 30.5 Å². The van der Waals surface area contributed by atoms with Crippen LogP contribution >= 0.6 is 11.6 Å². The predicted molar refractivity (Wildman–Crippen MR) is 69.7 cm³/mol. The van der Waals surface area contributed by atoms with Crippen LogP contribution in [0.3, 0.4) is 0 Å². The van der Waals surface area contributed by atoms with Crippen molar-refractivity contribution in [1.29, 1.82) is 0 Å². The van der Waals surface area contributed by atoms with Gasteiger partial charge in [-0.15, -0.1) is 0 Å². The molecule has 0 radical (unpaired) electrons. The first-order valence-corrected chi connectivity index (χ1v) is 7.56. The van der Waals surface area contributed by atoms with Crippen LogP contribution in [-0.2, 0) is 9.84 Å². The van der Waals surface area contributed by atoms with Gasteiger partial charge < -0.3 is 9.88 Å². The maximum absolute atomic E-state index is 11.1. The number of hydrogen-bond donors (Lipinski definition) is 1. The van der Waals surface area contributed by atoms with Gasteiger partial charge in [0.15, 0.2) is 11.5 Å². The molecule has 0 fully saturated rings. The van der Waals surface area contributed by atoms with E-state index in [0.29, 0.717) is 23.5 Å². The molecule has 2 aromatic rings. The molecule has 9 heteroatoms. The van der Waals surface area contributed by atoms with Crippen molar-refractivity contribution in [3.8, 4) is 0 Å². The number of H-pyrrole nitrogens is 1. The molecular formula is C9H12ClN5O2S. The van der Waals surface area contributed by atoms with E-state index in [4.69, 9.17) is 11.6 Å². The minimum absolute atomic E-state index is 0.0424. The molecule has 2 rings (SSSR count). The zero-order valence-electron chi connectivity index (χ0n) is 9.88. The molecule has 0 aromatic carbocycles. The number of sulfone groups is 1. The highest BCUT2D eigenvalue weighted by Gasteiger charge is 2.14. The van der Waals surface area contributed by atoms with E-state index in [-0.39, 0.29) is 11.0 Å². The molecule has 0 spiro atoms. The molecule has 2 aromatic heterocycles. The first-order chi connectivity index (χ1) is 8.37. The summed E-state index contributed by atoms with van der Waals surface area (Å²) >= 11 is 5.79. The number of aromatic nitrogens is 4. The minimum Gasteiger partial charge on any atom is -0.357 e. The average Bonchev–Trinajstić information content (AvgIpc) is 2.71. The van der Waals surface area contributed by atoms with Gasteiger partial charge in [0.05, 0.1) is 12.1 Å². The molecule has 0 saturated heterocycles. The number of fused-ring (bicyclic) bond motifs is 1. The highest BCUT2D eigenvalue weighted by molar-refractivity contribution is 7.90. The van der Waals surface area contributed by atoms with E-state index in [1.54, 1.807) is 11.9 Å². The van der Waals surface area contributed by atoms with Crippen LogP contribution in [0, 0.1) is 0 Å². The summed E-state index contributed by atoms with van der Waals surface area (Å²) in [7, 11) is -1.28. The summed E-state index contributed by atoms with van der Waals surface area (Å²) in [6, 6.07) is 0. The first kappa shape index (κ1) is 13.0. The summed E-state index contributed by atoms with van der Waals surface area (Å²) in [6.45, 7) is 0.320. The number of imidazole rings is 1. The van der Waals surface area contributed by atoms with E-state index < -0.39 is 9.84 Å². The quantitative estimate of drug-likeness (QED) is 0.824. The number of halogens is 1. The Morgan fingerprint density at radius 2 is 2.17 bits per heavy atom. The summed E-state index contributed by atoms with van der Waals surface area (Å²) in [6.07, 6.45) is 2.68. The predicted octanol–water partition coefficient (Wildman–Crippen LogP) is 0.487. The molecular weight excluding hydrogens is 278 g/mol. The second-order valence-corrected chi connectivity index (χ2v) is 6.57. The Morgan fingerprint density at radius 1 is 1.44 bits per heavy atom. The van der Waals surface area contributed by atoms with Gasteiger partial charge in [0.2, 0.25) is 5.28 Å². The van der Waals surface area contributed by atoms with Gasteiger partial charge >= 0.3 is 0 Å². The van der Waals surface area contributed by atoms with Crippen molar-refractivity contribution in [2.24, 2.45) is 0 Å². The summed E-state index contributed by atoms with van der Waals surface area (Å²) in [5, 5.41) is 0.0794. The van der Waals surface area contributed by atoms with Gasteiger partial charge in [0, 0.05) is 19.8 Å². The Bertz CT molecular complexity index is 669. The Hall–Kier alpha value is -1.41. The van der Waals surface area contributed by atoms with E-state index in [2.05, 4.69) is 19.9 Å². The molecule has 0 aliphatic carbocycles. The van der Waals surface area contributed by atoms with E-state index in [1.807, 2.05) is 0 Å². The van der Waals surface area contributed by atoms with Crippen molar-refractivity contribution < 1.29 is 8.42 Å². The van der Waals surface area contributed by atoms with E-state index >= 15 is 0 Å². The van der Waals surface area contributed by atoms with Crippen LogP contribution in [0.1, 0.15) is 0 Å². The number of anilines is 1. The molecule has 0 bridgehead atoms. The molecule has 0 aliphatic rings. The lowest BCUT2D eigenvalue weighted by Gasteiger charge is -2.17. The average molecular weight is 290 g/mol. The summed E-state index contributed by atoms with van der Waals surface area (Å²) in [5.74, 6) is 0.576. The lowest BCUT2D eigenvalue weighted by molar-refractivity contribution is 0.601. The van der Waals surface area contributed by atoms with Gasteiger partial charge in [-0.25, -0.2) is 13.4 Å². The van der Waals surface area contributed by atoms with Crippen molar-refractivity contribution in [1.82, 2.24) is 19.9 Å². The maximum atomic E-state index is 11.1. The molecule has 7 nitrogen and oxygen atoms in total. The number of nitrogens with zero attached hydrogens (tertiary/aromatic N) is 4. The monoisotopic (exact) mass is 289 g/mol. The molecule has 2 heterocycles. The first-order valence-electron chi connectivity index (χ1n) is 5.12. The summed E-state index contributed by atoms with van der Waals surface area (Å²) < 4.78 is 22.3. The van der Waals surface area contributed by atoms with Crippen LogP contribution < -0.4 is 4.90 Å². The van der Waals surface area contributed by atoms with Crippen molar-refractivity contribution >= 4 is 38.4 Å². The van der Waals surface area contributed by atoms with Crippen molar-refractivity contribution in [3.63, 3.8) is 0 Å². The SMILES string of the molecule is CN(CCS(C)(=O)=O)c1nc(Cl)nc2nc[nH]c12. The largest absolute Gasteiger partial charge is 0.357 e. The number of rotatable bonds is 4. The Labute approximate surface area is 109 Å². The minimum atomic E-state index is -3.02. The Morgan fingerprint density at radius 3 is 2.83 bits per heavy atom. The second kappa shape index (κ2) is 4.69. The van der Waals surface area contributed by atoms with Crippen LogP contribution in [0.25, 0.3) is 11.2 Å². The second-order valence-electron chi connectivity index (χ2n) is 3.97. The highest BCUT2D eigenvalue weighted by atomic mass is 35.5. The normalized spacial score (nSPS) is 11.9. The topological polar surface area (TPSA) is 91.8 Å². The fraction of sp³-hybridized carbons (Fsp3) is 0.444. The number of nitrogens with one attached hydrogen (secondary N) is 1. The van der Waals surface area contributed by atoms with Crippen LogP contribution in [0.5, 0.6) is 0 Å². The fourth-order valence-corrected chi connectivity index (χ4v) is 2.24. The Balaban J connectivity index is 2.32. The number of aromatic amines is 1. The van der Waals surface area contributed by atoms with E-state index in [1.165, 1.54) is 12.6 Å². The van der Waals surface area contributed by atoms with Gasteiger partial charge in [-0.2, -0.15) is 9.97 Å². The van der Waals surface area contributed by atoms with Crippen LogP contribution in [0.15, 0.2) is 6.33 Å². The molecule has 0 amide bonds. The van der Waals surface area contributed by atoms with E-state index in [0.717, 1.165) is 0 Å². The van der Waals surface area contributed by atoms with Crippen molar-refractivity contribution in [3.05, 3.63) is 11.6 Å². The highest BCUT2D eigenvalue weighted by Crippen LogP contribution is 2.21. The van der Waals surface area contributed by atoms with Crippen LogP contribution in [0.2, 0.25) is 5.28 Å². The zero-order valence-corrected chi connectivity index (χ0v) is 11.5. The van der Waals surface area contributed by atoms with E-state index in [9.17, 15) is 8.42 Å². The molecule has 0 atom stereocenters. The molecule has 0 saturated carbocycles. The molecule has 0 aliphatic heterocycles. The van der Waals surface area contributed by atoms with Gasteiger partial charge in [-0.3, -0.25) is 0 Å².